The molecule has 144 valence electrons. The Balaban J connectivity index is 1.94. The number of aromatic nitrogens is 1. The topological polar surface area (TPSA) is 105 Å². The summed E-state index contributed by atoms with van der Waals surface area (Å²) in [5, 5.41) is 17.9. The predicted octanol–water partition coefficient (Wildman–Crippen LogP) is 5.61. The number of hydrogen-bond donors (Lipinski definition) is 2. The van der Waals surface area contributed by atoms with E-state index in [4.69, 9.17) is 33.5 Å². The van der Waals surface area contributed by atoms with E-state index < -0.39 is 5.78 Å². The second-order valence-electron chi connectivity index (χ2n) is 6.15. The Labute approximate surface area is 175 Å². The van der Waals surface area contributed by atoms with Crippen molar-refractivity contribution in [1.82, 2.24) is 5.16 Å². The van der Waals surface area contributed by atoms with Gasteiger partial charge < -0.3 is 15.6 Å². The molecule has 1 aromatic carbocycles. The number of nitriles is 1. The van der Waals surface area contributed by atoms with Crippen molar-refractivity contribution in [3.8, 4) is 17.3 Å². The van der Waals surface area contributed by atoms with E-state index in [-0.39, 0.29) is 27.9 Å². The number of nitrogens with one attached hydrogen (secondary N) is 1. The number of rotatable bonds is 6. The van der Waals surface area contributed by atoms with Gasteiger partial charge in [0.25, 0.3) is 0 Å². The summed E-state index contributed by atoms with van der Waals surface area (Å²) in [4.78, 5) is 13.1. The van der Waals surface area contributed by atoms with Gasteiger partial charge in [0.2, 0.25) is 11.5 Å². The zero-order valence-corrected chi connectivity index (χ0v) is 17.4. The Morgan fingerprint density at radius 2 is 2.14 bits per heavy atom. The van der Waals surface area contributed by atoms with Crippen molar-refractivity contribution in [1.29, 1.82) is 5.26 Å². The summed E-state index contributed by atoms with van der Waals surface area (Å²) < 4.78 is 5.22. The molecule has 1 unspecified atom stereocenters. The van der Waals surface area contributed by atoms with Gasteiger partial charge in [-0.3, -0.25) is 4.79 Å². The second-order valence-corrected chi connectivity index (χ2v) is 7.98. The van der Waals surface area contributed by atoms with Crippen molar-refractivity contribution in [2.24, 2.45) is 0 Å². The number of nitrogens with two attached hydrogens (primary N) is 1. The molecule has 0 saturated heterocycles. The van der Waals surface area contributed by atoms with E-state index in [1.54, 1.807) is 18.2 Å². The standard InChI is InChI=1S/C19H16Cl2N4O2S/c1-3-9(2)24-19-11(8-22)16(23)18(28-19)17(26)15-7-14(25-27-15)10-4-5-12(20)13(21)6-10/h4-7,9,24H,3,23H2,1-2H3. The van der Waals surface area contributed by atoms with Gasteiger partial charge in [-0.05, 0) is 25.5 Å². The monoisotopic (exact) mass is 434 g/mol. The molecule has 2 heterocycles. The van der Waals surface area contributed by atoms with Crippen LogP contribution >= 0.6 is 34.5 Å². The number of halogens is 2. The van der Waals surface area contributed by atoms with Crippen LogP contribution in [0.3, 0.4) is 0 Å². The van der Waals surface area contributed by atoms with Crippen molar-refractivity contribution in [2.45, 2.75) is 26.3 Å². The highest BCUT2D eigenvalue weighted by molar-refractivity contribution is 7.19. The molecule has 3 rings (SSSR count). The van der Waals surface area contributed by atoms with Crippen LogP contribution in [0.5, 0.6) is 0 Å². The minimum atomic E-state index is -0.435. The SMILES string of the molecule is CCC(C)Nc1sc(C(=O)c2cc(-c3ccc(Cl)c(Cl)c3)no2)c(N)c1C#N. The first-order valence-electron chi connectivity index (χ1n) is 8.41. The van der Waals surface area contributed by atoms with Gasteiger partial charge in [0, 0.05) is 17.7 Å². The lowest BCUT2D eigenvalue weighted by molar-refractivity contribution is 0.100. The molecular formula is C19H16Cl2N4O2S. The lowest BCUT2D eigenvalue weighted by Gasteiger charge is -2.10. The van der Waals surface area contributed by atoms with Gasteiger partial charge in [0.05, 0.1) is 15.7 Å². The van der Waals surface area contributed by atoms with E-state index in [9.17, 15) is 10.1 Å². The fourth-order valence-electron chi connectivity index (χ4n) is 2.44. The van der Waals surface area contributed by atoms with Crippen LogP contribution in [0.25, 0.3) is 11.3 Å². The molecule has 2 aromatic heterocycles. The van der Waals surface area contributed by atoms with Crippen LogP contribution in [0.2, 0.25) is 10.0 Å². The quantitative estimate of drug-likeness (QED) is 0.488. The summed E-state index contributed by atoms with van der Waals surface area (Å²) in [7, 11) is 0. The number of benzene rings is 1. The molecule has 0 amide bonds. The van der Waals surface area contributed by atoms with Crippen LogP contribution in [0.1, 0.15) is 41.3 Å². The zero-order chi connectivity index (χ0) is 20.4. The minimum Gasteiger partial charge on any atom is -0.396 e. The third-order valence-electron chi connectivity index (χ3n) is 4.20. The third-order valence-corrected chi connectivity index (χ3v) is 6.08. The van der Waals surface area contributed by atoms with Gasteiger partial charge in [-0.2, -0.15) is 5.26 Å². The molecular weight excluding hydrogens is 419 g/mol. The number of nitrogens with zero attached hydrogens (tertiary/aromatic N) is 2. The van der Waals surface area contributed by atoms with Gasteiger partial charge in [0.1, 0.15) is 27.2 Å². The van der Waals surface area contributed by atoms with Crippen LogP contribution in [-0.2, 0) is 0 Å². The van der Waals surface area contributed by atoms with Gasteiger partial charge in [-0.1, -0.05) is 41.3 Å². The van der Waals surface area contributed by atoms with Gasteiger partial charge in [0.15, 0.2) is 0 Å². The molecule has 6 nitrogen and oxygen atoms in total. The van der Waals surface area contributed by atoms with Crippen LogP contribution in [0.4, 0.5) is 10.7 Å². The average Bonchev–Trinajstić information content (AvgIpc) is 3.28. The first-order chi connectivity index (χ1) is 13.3. The number of carbonyl (C=O) groups excluding carboxylic acids is 1. The molecule has 0 bridgehead atoms. The zero-order valence-electron chi connectivity index (χ0n) is 15.0. The molecule has 0 saturated carbocycles. The average molecular weight is 435 g/mol. The largest absolute Gasteiger partial charge is 0.396 e. The number of thiophene rings is 1. The first kappa shape index (κ1) is 20.2. The van der Waals surface area contributed by atoms with Crippen molar-refractivity contribution in [2.75, 3.05) is 11.1 Å². The summed E-state index contributed by atoms with van der Waals surface area (Å²) >= 11 is 13.1. The second kappa shape index (κ2) is 8.23. The molecule has 0 aliphatic heterocycles. The highest BCUT2D eigenvalue weighted by atomic mass is 35.5. The highest BCUT2D eigenvalue weighted by Crippen LogP contribution is 2.37. The molecule has 3 aromatic rings. The van der Waals surface area contributed by atoms with E-state index >= 15 is 0 Å². The number of hydrogen-bond acceptors (Lipinski definition) is 7. The summed E-state index contributed by atoms with van der Waals surface area (Å²) in [5.74, 6) is -0.413. The molecule has 0 spiro atoms. The van der Waals surface area contributed by atoms with E-state index in [0.717, 1.165) is 17.8 Å². The predicted molar refractivity (Wildman–Crippen MR) is 112 cm³/mol. The summed E-state index contributed by atoms with van der Waals surface area (Å²) in [6.45, 7) is 4.00. The number of ketones is 1. The van der Waals surface area contributed by atoms with Crippen LogP contribution in [0, 0.1) is 11.3 Å². The fourth-order valence-corrected chi connectivity index (χ4v) is 3.86. The minimum absolute atomic E-state index is 0.0219. The molecule has 0 aliphatic carbocycles. The van der Waals surface area contributed by atoms with Crippen molar-refractivity contribution in [3.63, 3.8) is 0 Å². The van der Waals surface area contributed by atoms with Gasteiger partial charge in [-0.15, -0.1) is 11.3 Å². The van der Waals surface area contributed by atoms with E-state index in [0.29, 0.717) is 26.3 Å². The maximum absolute atomic E-state index is 12.9. The molecule has 9 heteroatoms. The van der Waals surface area contributed by atoms with E-state index in [1.807, 2.05) is 13.8 Å². The van der Waals surface area contributed by atoms with E-state index in [2.05, 4.69) is 16.5 Å². The Bertz CT molecular complexity index is 1080. The third kappa shape index (κ3) is 3.85. The molecule has 0 fully saturated rings. The lowest BCUT2D eigenvalue weighted by atomic mass is 10.1. The summed E-state index contributed by atoms with van der Waals surface area (Å²) in [5.41, 5.74) is 7.55. The normalized spacial score (nSPS) is 11.8. The van der Waals surface area contributed by atoms with Crippen molar-refractivity contribution in [3.05, 3.63) is 50.5 Å². The van der Waals surface area contributed by atoms with Crippen LogP contribution in [0.15, 0.2) is 28.8 Å². The summed E-state index contributed by atoms with van der Waals surface area (Å²) in [6, 6.07) is 8.71. The Hall–Kier alpha value is -2.53. The number of anilines is 2. The van der Waals surface area contributed by atoms with Crippen molar-refractivity contribution < 1.29 is 9.32 Å². The summed E-state index contributed by atoms with van der Waals surface area (Å²) in [6.07, 6.45) is 0.862. The van der Waals surface area contributed by atoms with Crippen LogP contribution < -0.4 is 11.1 Å². The smallest absolute Gasteiger partial charge is 0.243 e. The number of carbonyl (C=O) groups is 1. The lowest BCUT2D eigenvalue weighted by Crippen LogP contribution is -2.13. The molecule has 3 N–H and O–H groups in total. The molecule has 1 atom stereocenters. The maximum atomic E-state index is 12.9. The molecule has 0 aliphatic rings. The molecule has 0 radical (unpaired) electrons. The van der Waals surface area contributed by atoms with E-state index in [1.165, 1.54) is 6.07 Å². The fraction of sp³-hybridized carbons (Fsp3) is 0.211. The highest BCUT2D eigenvalue weighted by Gasteiger charge is 2.25. The van der Waals surface area contributed by atoms with Gasteiger partial charge in [-0.25, -0.2) is 0 Å². The van der Waals surface area contributed by atoms with Gasteiger partial charge >= 0.3 is 0 Å². The first-order valence-corrected chi connectivity index (χ1v) is 9.98. The number of nitrogen functional groups attached to an aromatic ring is 1. The Morgan fingerprint density at radius 1 is 1.39 bits per heavy atom. The van der Waals surface area contributed by atoms with Crippen molar-refractivity contribution >= 4 is 51.0 Å². The maximum Gasteiger partial charge on any atom is 0.243 e. The van der Waals surface area contributed by atoms with Crippen LogP contribution in [-0.4, -0.2) is 17.0 Å². The molecule has 28 heavy (non-hydrogen) atoms. The Morgan fingerprint density at radius 3 is 2.79 bits per heavy atom. The Kier molecular flexibility index (Phi) is 5.94.